The van der Waals surface area contributed by atoms with E-state index in [2.05, 4.69) is 15.6 Å². The number of pyridine rings is 1. The Kier molecular flexibility index (Phi) is 5.92. The predicted molar refractivity (Wildman–Crippen MR) is 102 cm³/mol. The summed E-state index contributed by atoms with van der Waals surface area (Å²) in [7, 11) is -3.26. The number of nitrogens with one attached hydrogen (secondary N) is 2. The molecule has 2 heterocycles. The zero-order valence-corrected chi connectivity index (χ0v) is 15.8. The lowest BCUT2D eigenvalue weighted by Crippen LogP contribution is -2.57. The average Bonchev–Trinajstić information content (AvgIpc) is 2.67. The summed E-state index contributed by atoms with van der Waals surface area (Å²) in [5.41, 5.74) is 0.540. The molecule has 144 valence electrons. The smallest absolute Gasteiger partial charge is 0.322 e. The van der Waals surface area contributed by atoms with E-state index in [0.29, 0.717) is 37.7 Å². The van der Waals surface area contributed by atoms with Crippen LogP contribution in [0.5, 0.6) is 5.75 Å². The van der Waals surface area contributed by atoms with Gasteiger partial charge < -0.3 is 20.3 Å². The highest BCUT2D eigenvalue weighted by molar-refractivity contribution is 7.90. The van der Waals surface area contributed by atoms with E-state index in [0.717, 1.165) is 6.26 Å². The lowest BCUT2D eigenvalue weighted by atomic mass is 10.2. The van der Waals surface area contributed by atoms with Crippen LogP contribution in [0.2, 0.25) is 0 Å². The van der Waals surface area contributed by atoms with Crippen LogP contribution >= 0.6 is 0 Å². The average molecular weight is 390 g/mol. The van der Waals surface area contributed by atoms with Crippen molar-refractivity contribution in [1.29, 1.82) is 0 Å². The minimum absolute atomic E-state index is 0.130. The van der Waals surface area contributed by atoms with E-state index in [1.807, 2.05) is 6.07 Å². The number of benzene rings is 1. The van der Waals surface area contributed by atoms with Crippen molar-refractivity contribution in [2.45, 2.75) is 10.9 Å². The molecule has 2 aromatic rings. The van der Waals surface area contributed by atoms with Gasteiger partial charge in [-0.3, -0.25) is 4.98 Å². The fourth-order valence-electron chi connectivity index (χ4n) is 2.78. The van der Waals surface area contributed by atoms with Crippen molar-refractivity contribution in [3.05, 3.63) is 48.8 Å². The van der Waals surface area contributed by atoms with Gasteiger partial charge in [-0.25, -0.2) is 13.2 Å². The molecule has 8 nitrogen and oxygen atoms in total. The Morgan fingerprint density at radius 3 is 2.78 bits per heavy atom. The summed E-state index contributed by atoms with van der Waals surface area (Å²) in [6.07, 6.45) is 4.45. The van der Waals surface area contributed by atoms with Crippen LogP contribution in [0, 0.1) is 0 Å². The Bertz CT molecular complexity index is 872. The molecule has 1 atom stereocenters. The van der Waals surface area contributed by atoms with E-state index in [1.54, 1.807) is 35.5 Å². The molecule has 0 aliphatic carbocycles. The van der Waals surface area contributed by atoms with E-state index in [9.17, 15) is 13.2 Å². The molecule has 0 spiro atoms. The molecule has 1 aromatic carbocycles. The number of carbonyl (C=O) groups excluding carboxylic acids is 1. The molecule has 0 saturated carbocycles. The lowest BCUT2D eigenvalue weighted by Gasteiger charge is -2.35. The third kappa shape index (κ3) is 5.18. The molecule has 27 heavy (non-hydrogen) atoms. The van der Waals surface area contributed by atoms with Crippen molar-refractivity contribution in [1.82, 2.24) is 15.2 Å². The van der Waals surface area contributed by atoms with Gasteiger partial charge in [0.05, 0.1) is 17.1 Å². The van der Waals surface area contributed by atoms with Gasteiger partial charge in [0.2, 0.25) is 0 Å². The fraction of sp³-hybridized carbons (Fsp3) is 0.333. The number of sulfone groups is 1. The maximum Gasteiger partial charge on any atom is 0.322 e. The largest absolute Gasteiger partial charge is 0.490 e. The second kappa shape index (κ2) is 8.36. The van der Waals surface area contributed by atoms with Crippen molar-refractivity contribution >= 4 is 21.6 Å². The van der Waals surface area contributed by atoms with E-state index in [-0.39, 0.29) is 17.0 Å². The number of ether oxygens (including phenoxy) is 1. The van der Waals surface area contributed by atoms with E-state index in [1.165, 1.54) is 12.1 Å². The summed E-state index contributed by atoms with van der Waals surface area (Å²) < 4.78 is 28.8. The Morgan fingerprint density at radius 1 is 1.33 bits per heavy atom. The second-order valence-corrected chi connectivity index (χ2v) is 8.29. The molecule has 1 aliphatic heterocycles. The fourth-order valence-corrected chi connectivity index (χ4v) is 3.41. The van der Waals surface area contributed by atoms with E-state index in [4.69, 9.17) is 4.74 Å². The van der Waals surface area contributed by atoms with Crippen LogP contribution in [0.3, 0.4) is 0 Å². The Labute approximate surface area is 158 Å². The molecule has 1 aromatic heterocycles. The molecule has 0 bridgehead atoms. The van der Waals surface area contributed by atoms with Crippen LogP contribution in [-0.2, 0) is 9.84 Å². The molecule has 2 amide bonds. The predicted octanol–water partition coefficient (Wildman–Crippen LogP) is 1.37. The number of hydrogen-bond acceptors (Lipinski definition) is 6. The third-order valence-corrected chi connectivity index (χ3v) is 5.35. The van der Waals surface area contributed by atoms with Gasteiger partial charge in [0, 0.05) is 37.8 Å². The standard InChI is InChI=1S/C18H22N4O4S/c1-27(24,25)17-6-4-14(5-7-17)21-18(23)22-10-9-20-11-15(22)13-26-16-3-2-8-19-12-16/h2-8,12,15,20H,9-11,13H2,1H3,(H,21,23). The highest BCUT2D eigenvalue weighted by atomic mass is 32.2. The summed E-state index contributed by atoms with van der Waals surface area (Å²) in [6.45, 7) is 2.22. The summed E-state index contributed by atoms with van der Waals surface area (Å²) >= 11 is 0. The van der Waals surface area contributed by atoms with Crippen LogP contribution < -0.4 is 15.4 Å². The minimum Gasteiger partial charge on any atom is -0.490 e. The topological polar surface area (TPSA) is 101 Å². The first-order valence-electron chi connectivity index (χ1n) is 8.55. The van der Waals surface area contributed by atoms with Crippen molar-refractivity contribution < 1.29 is 17.9 Å². The van der Waals surface area contributed by atoms with Crippen LogP contribution in [0.4, 0.5) is 10.5 Å². The Morgan fingerprint density at radius 2 is 2.11 bits per heavy atom. The van der Waals surface area contributed by atoms with Gasteiger partial charge in [-0.05, 0) is 36.4 Å². The van der Waals surface area contributed by atoms with Gasteiger partial charge >= 0.3 is 6.03 Å². The minimum atomic E-state index is -3.26. The van der Waals surface area contributed by atoms with E-state index >= 15 is 0 Å². The maximum atomic E-state index is 12.7. The van der Waals surface area contributed by atoms with Gasteiger partial charge in [-0.2, -0.15) is 0 Å². The molecule has 1 saturated heterocycles. The lowest BCUT2D eigenvalue weighted by molar-refractivity contribution is 0.133. The molecule has 3 rings (SSSR count). The molecule has 9 heteroatoms. The van der Waals surface area contributed by atoms with Gasteiger partial charge in [0.25, 0.3) is 0 Å². The molecular weight excluding hydrogens is 368 g/mol. The van der Waals surface area contributed by atoms with Crippen molar-refractivity contribution in [3.63, 3.8) is 0 Å². The van der Waals surface area contributed by atoms with E-state index < -0.39 is 9.84 Å². The van der Waals surface area contributed by atoms with Crippen molar-refractivity contribution in [3.8, 4) is 5.75 Å². The first-order valence-corrected chi connectivity index (χ1v) is 10.4. The molecule has 1 unspecified atom stereocenters. The van der Waals surface area contributed by atoms with Crippen molar-refractivity contribution in [2.24, 2.45) is 0 Å². The number of urea groups is 1. The maximum absolute atomic E-state index is 12.7. The molecular formula is C18H22N4O4S. The number of anilines is 1. The molecule has 1 aliphatic rings. The van der Waals surface area contributed by atoms with Crippen molar-refractivity contribution in [2.75, 3.05) is 37.8 Å². The molecule has 1 fully saturated rings. The first kappa shape index (κ1) is 19.1. The monoisotopic (exact) mass is 390 g/mol. The Hall–Kier alpha value is -2.65. The zero-order chi connectivity index (χ0) is 19.3. The normalized spacial score (nSPS) is 17.4. The number of amides is 2. The number of hydrogen-bond donors (Lipinski definition) is 2. The zero-order valence-electron chi connectivity index (χ0n) is 15.0. The SMILES string of the molecule is CS(=O)(=O)c1ccc(NC(=O)N2CCNCC2COc2cccnc2)cc1. The summed E-state index contributed by atoms with van der Waals surface area (Å²) in [4.78, 5) is 18.6. The molecule has 0 radical (unpaired) electrons. The highest BCUT2D eigenvalue weighted by Gasteiger charge is 2.27. The summed E-state index contributed by atoms with van der Waals surface area (Å²) in [6, 6.07) is 9.35. The first-order chi connectivity index (χ1) is 12.9. The van der Waals surface area contributed by atoms with Crippen LogP contribution in [-0.4, -0.2) is 62.9 Å². The number of piperazine rings is 1. The number of nitrogens with zero attached hydrogens (tertiary/aromatic N) is 2. The van der Waals surface area contributed by atoms with Gasteiger partial charge in [0.15, 0.2) is 9.84 Å². The summed E-state index contributed by atoms with van der Waals surface area (Å²) in [5, 5.41) is 6.07. The Balaban J connectivity index is 1.62. The molecule has 2 N–H and O–H groups in total. The van der Waals surface area contributed by atoms with Gasteiger partial charge in [0.1, 0.15) is 12.4 Å². The summed E-state index contributed by atoms with van der Waals surface area (Å²) in [5.74, 6) is 0.653. The number of carbonyl (C=O) groups is 1. The van der Waals surface area contributed by atoms with Gasteiger partial charge in [-0.1, -0.05) is 0 Å². The number of aromatic nitrogens is 1. The number of rotatable bonds is 5. The third-order valence-electron chi connectivity index (χ3n) is 4.22. The van der Waals surface area contributed by atoms with Crippen LogP contribution in [0.25, 0.3) is 0 Å². The highest BCUT2D eigenvalue weighted by Crippen LogP contribution is 2.16. The van der Waals surface area contributed by atoms with Gasteiger partial charge in [-0.15, -0.1) is 0 Å². The quantitative estimate of drug-likeness (QED) is 0.800. The van der Waals surface area contributed by atoms with Crippen LogP contribution in [0.15, 0.2) is 53.7 Å². The van der Waals surface area contributed by atoms with Crippen LogP contribution in [0.1, 0.15) is 0 Å². The second-order valence-electron chi connectivity index (χ2n) is 6.28.